The van der Waals surface area contributed by atoms with Crippen molar-refractivity contribution in [1.29, 1.82) is 0 Å². The molecule has 0 spiro atoms. The predicted molar refractivity (Wildman–Crippen MR) is 204 cm³/mol. The maximum Gasteiger partial charge on any atom is 0.122 e. The van der Waals surface area contributed by atoms with E-state index in [0.29, 0.717) is 0 Å². The lowest BCUT2D eigenvalue weighted by atomic mass is 9.53. The molecule has 45 heavy (non-hydrogen) atoms. The third kappa shape index (κ3) is 18.8. The van der Waals surface area contributed by atoms with Crippen LogP contribution in [0.2, 0.25) is 6.32 Å². The minimum atomic E-state index is 0.835. The van der Waals surface area contributed by atoms with Gasteiger partial charge in [0.25, 0.3) is 0 Å². The Balaban J connectivity index is 1.98. The van der Waals surface area contributed by atoms with Crippen molar-refractivity contribution in [2.45, 2.75) is 175 Å². The fourth-order valence-corrected chi connectivity index (χ4v) is 6.34. The van der Waals surface area contributed by atoms with Crippen LogP contribution in [-0.2, 0) is 25.7 Å². The Morgan fingerprint density at radius 3 is 1.33 bits per heavy atom. The molecule has 0 atom stereocenters. The minimum Gasteiger partial charge on any atom is -0.493 e. The Morgan fingerprint density at radius 1 is 0.467 bits per heavy atom. The van der Waals surface area contributed by atoms with Crippen molar-refractivity contribution >= 4 is 14.9 Å². The minimum absolute atomic E-state index is 0.835. The number of rotatable bonds is 30. The van der Waals surface area contributed by atoms with Crippen molar-refractivity contribution in [2.75, 3.05) is 13.2 Å². The van der Waals surface area contributed by atoms with Gasteiger partial charge in [-0.3, -0.25) is 0 Å². The molecule has 0 aliphatic rings. The average Bonchev–Trinajstić information content (AvgIpc) is 3.06. The molecule has 0 fully saturated rings. The van der Waals surface area contributed by atoms with Gasteiger partial charge in [0, 0.05) is 0 Å². The van der Waals surface area contributed by atoms with Crippen molar-refractivity contribution in [3.8, 4) is 11.5 Å². The van der Waals surface area contributed by atoms with E-state index in [9.17, 15) is 0 Å². The van der Waals surface area contributed by atoms with Crippen molar-refractivity contribution in [3.05, 3.63) is 58.7 Å². The number of hydrogen-bond acceptors (Lipinski definition) is 2. The van der Waals surface area contributed by atoms with Crippen LogP contribution in [0.25, 0.3) is 0 Å². The number of benzene rings is 2. The molecule has 2 aromatic carbocycles. The monoisotopic (exact) mass is 617 g/mol. The lowest BCUT2D eigenvalue weighted by Crippen LogP contribution is -2.03. The SMILES string of the molecule is BBCCCCOc1ccc(CCCCCCCC)cc1CCCCc1cc(CCCCCCCC)ccc1OCCCCC. The van der Waals surface area contributed by atoms with E-state index in [2.05, 4.69) is 64.9 Å². The van der Waals surface area contributed by atoms with Crippen LogP contribution >= 0.6 is 0 Å². The highest BCUT2D eigenvalue weighted by Gasteiger charge is 2.10. The van der Waals surface area contributed by atoms with Gasteiger partial charge < -0.3 is 9.47 Å². The zero-order valence-electron chi connectivity index (χ0n) is 30.4. The molecule has 2 aromatic rings. The first-order valence-corrected chi connectivity index (χ1v) is 19.7. The molecule has 0 saturated heterocycles. The van der Waals surface area contributed by atoms with Crippen LogP contribution in [0.4, 0.5) is 0 Å². The van der Waals surface area contributed by atoms with Gasteiger partial charge in [0.2, 0.25) is 0 Å². The Labute approximate surface area is 281 Å². The summed E-state index contributed by atoms with van der Waals surface area (Å²) in [7, 11) is 3.54. The highest BCUT2D eigenvalue weighted by atomic mass is 16.5. The van der Waals surface area contributed by atoms with Crippen LogP contribution in [0.3, 0.4) is 0 Å². The highest BCUT2D eigenvalue weighted by molar-refractivity contribution is 6.89. The Kier molecular flexibility index (Phi) is 23.9. The van der Waals surface area contributed by atoms with Gasteiger partial charge in [0.05, 0.1) is 28.1 Å². The van der Waals surface area contributed by atoms with E-state index in [4.69, 9.17) is 9.47 Å². The van der Waals surface area contributed by atoms with Crippen molar-refractivity contribution < 1.29 is 9.47 Å². The molecule has 0 heterocycles. The second kappa shape index (κ2) is 27.3. The van der Waals surface area contributed by atoms with Gasteiger partial charge in [-0.2, -0.15) is 0 Å². The van der Waals surface area contributed by atoms with Crippen LogP contribution in [0.5, 0.6) is 11.5 Å². The van der Waals surface area contributed by atoms with E-state index in [0.717, 1.165) is 50.4 Å². The molecule has 0 bridgehead atoms. The number of ether oxygens (including phenoxy) is 2. The lowest BCUT2D eigenvalue weighted by molar-refractivity contribution is 0.302. The highest BCUT2D eigenvalue weighted by Crippen LogP contribution is 2.27. The topological polar surface area (TPSA) is 18.5 Å². The Hall–Kier alpha value is -1.83. The maximum absolute atomic E-state index is 6.37. The predicted octanol–water partition coefficient (Wildman–Crippen LogP) is 11.2. The van der Waals surface area contributed by atoms with E-state index in [1.807, 2.05) is 0 Å². The van der Waals surface area contributed by atoms with E-state index in [1.54, 1.807) is 0 Å². The first-order valence-electron chi connectivity index (χ1n) is 19.7. The molecule has 0 aromatic heterocycles. The van der Waals surface area contributed by atoms with Crippen LogP contribution in [0.15, 0.2) is 36.4 Å². The smallest absolute Gasteiger partial charge is 0.122 e. The third-order valence-corrected chi connectivity index (χ3v) is 9.29. The molecular weight excluding hydrogens is 546 g/mol. The molecule has 0 unspecified atom stereocenters. The van der Waals surface area contributed by atoms with Gasteiger partial charge in [-0.25, -0.2) is 0 Å². The van der Waals surface area contributed by atoms with Gasteiger partial charge in [-0.15, -0.1) is 0 Å². The summed E-state index contributed by atoms with van der Waals surface area (Å²) < 4.78 is 12.7. The summed E-state index contributed by atoms with van der Waals surface area (Å²) in [5, 5.41) is 0. The molecule has 4 heteroatoms. The second-order valence-electron chi connectivity index (χ2n) is 13.6. The van der Waals surface area contributed by atoms with Crippen molar-refractivity contribution in [3.63, 3.8) is 0 Å². The van der Waals surface area contributed by atoms with Crippen LogP contribution < -0.4 is 9.47 Å². The van der Waals surface area contributed by atoms with Gasteiger partial charge >= 0.3 is 0 Å². The zero-order valence-corrected chi connectivity index (χ0v) is 30.4. The molecule has 2 rings (SSSR count). The molecule has 2 nitrogen and oxygen atoms in total. The quantitative estimate of drug-likeness (QED) is 0.0642. The molecule has 0 aliphatic heterocycles. The largest absolute Gasteiger partial charge is 0.493 e. The number of unbranched alkanes of at least 4 members (excludes halogenated alkanes) is 14. The van der Waals surface area contributed by atoms with E-state index in [1.165, 1.54) is 158 Å². The van der Waals surface area contributed by atoms with E-state index >= 15 is 0 Å². The average molecular weight is 617 g/mol. The van der Waals surface area contributed by atoms with E-state index in [-0.39, 0.29) is 0 Å². The third-order valence-electron chi connectivity index (χ3n) is 9.29. The molecule has 0 aliphatic carbocycles. The lowest BCUT2D eigenvalue weighted by Gasteiger charge is -2.15. The molecular formula is C41H70B2O2. The summed E-state index contributed by atoms with van der Waals surface area (Å²) in [6.45, 7) is 8.53. The summed E-state index contributed by atoms with van der Waals surface area (Å²) in [5.41, 5.74) is 5.81. The summed E-state index contributed by atoms with van der Waals surface area (Å²) in [5.74, 6) is 2.24. The zero-order chi connectivity index (χ0) is 32.2. The van der Waals surface area contributed by atoms with E-state index < -0.39 is 0 Å². The number of hydrogen-bond donors (Lipinski definition) is 0. The normalized spacial score (nSPS) is 11.2. The second-order valence-corrected chi connectivity index (χ2v) is 13.6. The molecule has 0 N–H and O–H groups in total. The Bertz CT molecular complexity index is 976. The summed E-state index contributed by atoms with van der Waals surface area (Å²) in [6.07, 6.45) is 30.5. The van der Waals surface area contributed by atoms with Crippen molar-refractivity contribution in [2.24, 2.45) is 0 Å². The molecule has 0 amide bonds. The van der Waals surface area contributed by atoms with Gasteiger partial charge in [-0.05, 0) is 98.6 Å². The van der Waals surface area contributed by atoms with Crippen LogP contribution in [-0.4, -0.2) is 28.1 Å². The molecule has 0 radical (unpaired) electrons. The van der Waals surface area contributed by atoms with Crippen molar-refractivity contribution in [1.82, 2.24) is 0 Å². The van der Waals surface area contributed by atoms with Crippen LogP contribution in [0.1, 0.15) is 165 Å². The van der Waals surface area contributed by atoms with Gasteiger partial charge in [0.15, 0.2) is 0 Å². The standard InChI is InChI=1S/C41H70B2O2/c1-4-7-10-12-14-16-23-36-27-29-40(44-32-21-9-6-3)38(34-36)25-18-19-26-39-35-37(24-17-15-13-11-8-5-2)28-30-41(39)45-33-22-20-31-43-42/h27-30,34-35,43H,4-26,31-33,42H2,1-3H3. The van der Waals surface area contributed by atoms with Gasteiger partial charge in [0.1, 0.15) is 11.5 Å². The number of aryl methyl sites for hydroxylation is 4. The van der Waals surface area contributed by atoms with Crippen LogP contribution in [0, 0.1) is 0 Å². The summed E-state index contributed by atoms with van der Waals surface area (Å²) in [6, 6.07) is 14.1. The van der Waals surface area contributed by atoms with Gasteiger partial charge in [-0.1, -0.05) is 135 Å². The molecule has 252 valence electrons. The maximum atomic E-state index is 6.37. The summed E-state index contributed by atoms with van der Waals surface area (Å²) in [4.78, 5) is 0. The fraction of sp³-hybridized carbons (Fsp3) is 0.707. The summed E-state index contributed by atoms with van der Waals surface area (Å²) >= 11 is 0. The first kappa shape index (κ1) is 39.3. The molecule has 0 saturated carbocycles. The fourth-order valence-electron chi connectivity index (χ4n) is 6.34. The first-order chi connectivity index (χ1) is 22.2. The Morgan fingerprint density at radius 2 is 0.867 bits per heavy atom.